The lowest BCUT2D eigenvalue weighted by molar-refractivity contribution is 0.00989. The van der Waals surface area contributed by atoms with Crippen molar-refractivity contribution >= 4 is 6.03 Å². The Morgan fingerprint density at radius 3 is 3.05 bits per heavy atom. The van der Waals surface area contributed by atoms with Gasteiger partial charge in [-0.2, -0.15) is 5.10 Å². The minimum absolute atomic E-state index is 0.0548. The van der Waals surface area contributed by atoms with Crippen molar-refractivity contribution in [2.75, 3.05) is 19.8 Å². The normalized spacial score (nSPS) is 29.3. The van der Waals surface area contributed by atoms with Crippen molar-refractivity contribution in [3.63, 3.8) is 0 Å². The lowest BCUT2D eigenvalue weighted by Crippen LogP contribution is -2.55. The summed E-state index contributed by atoms with van der Waals surface area (Å²) in [6, 6.07) is 2.64. The Labute approximate surface area is 131 Å². The van der Waals surface area contributed by atoms with Crippen LogP contribution in [0.4, 0.5) is 4.79 Å². The zero-order valence-electron chi connectivity index (χ0n) is 13.3. The van der Waals surface area contributed by atoms with E-state index >= 15 is 0 Å². The lowest BCUT2D eigenvalue weighted by atomic mass is 9.90. The molecule has 1 N–H and O–H groups in total. The summed E-state index contributed by atoms with van der Waals surface area (Å²) in [5.74, 6) is 0. The van der Waals surface area contributed by atoms with Gasteiger partial charge in [0.05, 0.1) is 31.3 Å². The molecule has 1 aromatic rings. The molecule has 6 heteroatoms. The molecule has 22 heavy (non-hydrogen) atoms. The molecule has 1 saturated heterocycles. The molecule has 0 radical (unpaired) electrons. The van der Waals surface area contributed by atoms with Crippen LogP contribution in [0.2, 0.25) is 0 Å². The number of morpholine rings is 1. The quantitative estimate of drug-likeness (QED) is 0.931. The van der Waals surface area contributed by atoms with Crippen molar-refractivity contribution in [1.82, 2.24) is 20.0 Å². The van der Waals surface area contributed by atoms with Crippen LogP contribution >= 0.6 is 0 Å². The number of hydrogen-bond acceptors (Lipinski definition) is 3. The molecule has 1 aliphatic carbocycles. The van der Waals surface area contributed by atoms with Gasteiger partial charge in [-0.3, -0.25) is 4.68 Å². The highest BCUT2D eigenvalue weighted by Gasteiger charge is 2.32. The monoisotopic (exact) mass is 306 g/mol. The van der Waals surface area contributed by atoms with Gasteiger partial charge in [0.2, 0.25) is 0 Å². The molecule has 0 bridgehead atoms. The van der Waals surface area contributed by atoms with E-state index < -0.39 is 0 Å². The first-order valence-electron chi connectivity index (χ1n) is 8.43. The zero-order valence-corrected chi connectivity index (χ0v) is 13.3. The standard InChI is InChI=1S/C16H26N4O2/c1-2-13-12-22-11-10-19(13)16(21)18-14-6-3-4-7-15(14)20-9-5-8-17-20/h5,8-9,13-15H,2-4,6-7,10-12H2,1H3,(H,18,21)/t13-,14+,15-/m1/s1. The summed E-state index contributed by atoms with van der Waals surface area (Å²) in [5, 5.41) is 7.63. The Balaban J connectivity index is 1.66. The van der Waals surface area contributed by atoms with Crippen LogP contribution in [0.1, 0.15) is 45.1 Å². The van der Waals surface area contributed by atoms with Gasteiger partial charge in [0.15, 0.2) is 0 Å². The molecule has 6 nitrogen and oxygen atoms in total. The summed E-state index contributed by atoms with van der Waals surface area (Å²) in [7, 11) is 0. The van der Waals surface area contributed by atoms with E-state index in [1.807, 2.05) is 28.0 Å². The summed E-state index contributed by atoms with van der Waals surface area (Å²) in [6.07, 6.45) is 9.21. The molecule has 1 aromatic heterocycles. The molecule has 3 rings (SSSR count). The first-order chi connectivity index (χ1) is 10.8. The van der Waals surface area contributed by atoms with E-state index in [0.29, 0.717) is 19.8 Å². The third-order valence-corrected chi connectivity index (χ3v) is 4.86. The Morgan fingerprint density at radius 1 is 1.41 bits per heavy atom. The summed E-state index contributed by atoms with van der Waals surface area (Å²) < 4.78 is 7.49. The van der Waals surface area contributed by atoms with E-state index in [2.05, 4.69) is 17.3 Å². The largest absolute Gasteiger partial charge is 0.377 e. The van der Waals surface area contributed by atoms with Gasteiger partial charge in [0, 0.05) is 18.9 Å². The molecule has 122 valence electrons. The maximum Gasteiger partial charge on any atom is 0.318 e. The molecule has 1 saturated carbocycles. The van der Waals surface area contributed by atoms with Gasteiger partial charge >= 0.3 is 6.03 Å². The first-order valence-corrected chi connectivity index (χ1v) is 8.43. The van der Waals surface area contributed by atoms with Gasteiger partial charge in [0.25, 0.3) is 0 Å². The Bertz CT molecular complexity index is 477. The van der Waals surface area contributed by atoms with Crippen molar-refractivity contribution in [1.29, 1.82) is 0 Å². The average Bonchev–Trinajstić information content (AvgIpc) is 3.09. The molecular formula is C16H26N4O2. The number of urea groups is 1. The predicted octanol–water partition coefficient (Wildman–Crippen LogP) is 2.19. The molecule has 0 unspecified atom stereocenters. The van der Waals surface area contributed by atoms with Crippen LogP contribution in [-0.2, 0) is 4.74 Å². The van der Waals surface area contributed by atoms with Crippen molar-refractivity contribution in [3.05, 3.63) is 18.5 Å². The minimum atomic E-state index is 0.0548. The number of carbonyl (C=O) groups excluding carboxylic acids is 1. The second kappa shape index (κ2) is 7.13. The fourth-order valence-corrected chi connectivity index (χ4v) is 3.58. The van der Waals surface area contributed by atoms with Crippen LogP contribution in [0.25, 0.3) is 0 Å². The topological polar surface area (TPSA) is 59.4 Å². The van der Waals surface area contributed by atoms with Crippen LogP contribution in [-0.4, -0.2) is 52.6 Å². The van der Waals surface area contributed by atoms with Crippen LogP contribution in [0, 0.1) is 0 Å². The van der Waals surface area contributed by atoms with E-state index in [0.717, 1.165) is 19.3 Å². The second-order valence-electron chi connectivity index (χ2n) is 6.22. The molecule has 2 aliphatic rings. The van der Waals surface area contributed by atoms with Crippen molar-refractivity contribution in [3.8, 4) is 0 Å². The summed E-state index contributed by atoms with van der Waals surface area (Å²) in [6.45, 7) is 4.07. The molecular weight excluding hydrogens is 280 g/mol. The second-order valence-corrected chi connectivity index (χ2v) is 6.22. The lowest BCUT2D eigenvalue weighted by Gasteiger charge is -2.38. The van der Waals surface area contributed by atoms with E-state index in [1.54, 1.807) is 0 Å². The summed E-state index contributed by atoms with van der Waals surface area (Å²) >= 11 is 0. The van der Waals surface area contributed by atoms with Crippen LogP contribution in [0.15, 0.2) is 18.5 Å². The SMILES string of the molecule is CC[C@@H]1COCCN1C(=O)N[C@H]1CCCC[C@H]1n1cccn1. The van der Waals surface area contributed by atoms with Gasteiger partial charge < -0.3 is 15.0 Å². The maximum absolute atomic E-state index is 12.7. The van der Waals surface area contributed by atoms with Gasteiger partial charge in [0.1, 0.15) is 0 Å². The Morgan fingerprint density at radius 2 is 2.27 bits per heavy atom. The van der Waals surface area contributed by atoms with Gasteiger partial charge in [-0.15, -0.1) is 0 Å². The van der Waals surface area contributed by atoms with Crippen LogP contribution in [0.3, 0.4) is 0 Å². The van der Waals surface area contributed by atoms with Crippen molar-refractivity contribution < 1.29 is 9.53 Å². The third-order valence-electron chi connectivity index (χ3n) is 4.86. The van der Waals surface area contributed by atoms with E-state index in [9.17, 15) is 4.79 Å². The van der Waals surface area contributed by atoms with Crippen LogP contribution in [0.5, 0.6) is 0 Å². The minimum Gasteiger partial charge on any atom is -0.377 e. The van der Waals surface area contributed by atoms with Crippen molar-refractivity contribution in [2.24, 2.45) is 0 Å². The highest BCUT2D eigenvalue weighted by Crippen LogP contribution is 2.28. The van der Waals surface area contributed by atoms with E-state index in [1.165, 1.54) is 12.8 Å². The molecule has 0 aromatic carbocycles. The number of nitrogens with zero attached hydrogens (tertiary/aromatic N) is 3. The molecule has 0 spiro atoms. The molecule has 1 aliphatic heterocycles. The number of nitrogens with one attached hydrogen (secondary N) is 1. The van der Waals surface area contributed by atoms with Crippen LogP contribution < -0.4 is 5.32 Å². The number of carbonyl (C=O) groups is 1. The summed E-state index contributed by atoms with van der Waals surface area (Å²) in [4.78, 5) is 14.6. The number of aromatic nitrogens is 2. The van der Waals surface area contributed by atoms with Crippen molar-refractivity contribution in [2.45, 2.75) is 57.2 Å². The zero-order chi connectivity index (χ0) is 15.4. The number of hydrogen-bond donors (Lipinski definition) is 1. The predicted molar refractivity (Wildman–Crippen MR) is 83.7 cm³/mol. The fourth-order valence-electron chi connectivity index (χ4n) is 3.58. The van der Waals surface area contributed by atoms with Gasteiger partial charge in [-0.25, -0.2) is 4.79 Å². The van der Waals surface area contributed by atoms with E-state index in [4.69, 9.17) is 4.74 Å². The molecule has 3 atom stereocenters. The van der Waals surface area contributed by atoms with Gasteiger partial charge in [-0.05, 0) is 25.3 Å². The highest BCUT2D eigenvalue weighted by atomic mass is 16.5. The van der Waals surface area contributed by atoms with E-state index in [-0.39, 0.29) is 24.2 Å². The fraction of sp³-hybridized carbons (Fsp3) is 0.750. The highest BCUT2D eigenvalue weighted by molar-refractivity contribution is 5.75. The smallest absolute Gasteiger partial charge is 0.318 e. The van der Waals surface area contributed by atoms with Gasteiger partial charge in [-0.1, -0.05) is 19.8 Å². The number of ether oxygens (including phenoxy) is 1. The number of amides is 2. The average molecular weight is 306 g/mol. The molecule has 2 amide bonds. The molecule has 2 fully saturated rings. The Kier molecular flexibility index (Phi) is 4.97. The Hall–Kier alpha value is -1.56. The first kappa shape index (κ1) is 15.3. The number of rotatable bonds is 3. The maximum atomic E-state index is 12.7. The summed E-state index contributed by atoms with van der Waals surface area (Å²) in [5.41, 5.74) is 0. The third kappa shape index (κ3) is 3.27. The molecule has 2 heterocycles.